The Morgan fingerprint density at radius 1 is 1.21 bits per heavy atom. The minimum atomic E-state index is -6.50. The van der Waals surface area contributed by atoms with E-state index in [4.69, 9.17) is 11.6 Å². The molecule has 0 radical (unpaired) electrons. The van der Waals surface area contributed by atoms with Crippen LogP contribution in [0.4, 0.5) is 30.7 Å². The molecule has 0 N–H and O–H groups in total. The first-order valence-corrected chi connectivity index (χ1v) is 8.34. The van der Waals surface area contributed by atoms with E-state index in [0.717, 1.165) is 0 Å². The number of aromatic nitrogens is 4. The summed E-state index contributed by atoms with van der Waals surface area (Å²) in [5.41, 5.74) is 0. The van der Waals surface area contributed by atoms with Crippen LogP contribution in [-0.4, -0.2) is 56.1 Å². The van der Waals surface area contributed by atoms with Crippen molar-refractivity contribution in [2.24, 2.45) is 0 Å². The van der Waals surface area contributed by atoms with E-state index in [9.17, 15) is 35.5 Å². The van der Waals surface area contributed by atoms with E-state index in [-0.39, 0.29) is 11.0 Å². The first kappa shape index (κ1) is 22.2. The van der Waals surface area contributed by atoms with Gasteiger partial charge in [0.2, 0.25) is 0 Å². The van der Waals surface area contributed by atoms with Gasteiger partial charge in [-0.25, -0.2) is 14.6 Å². The monoisotopic (exact) mass is 452 g/mol. The maximum atomic E-state index is 13.1. The number of carbonyl (C=O) groups is 1. The molecule has 0 atom stereocenters. The number of rotatable bonds is 7. The standard InChI is InChI=1S/C13H8ClF7N4O2S/c14-7-3-23-25(4-7)8-1-2-22-10(24-8)28-5-9(26)27-6-11(15,16)12(17,18)13(19,20)21/h1-4H,5-6H2. The van der Waals surface area contributed by atoms with Crippen molar-refractivity contribution in [3.05, 3.63) is 29.7 Å². The number of hydrogen-bond donors (Lipinski definition) is 0. The van der Waals surface area contributed by atoms with Crippen LogP contribution in [0.25, 0.3) is 5.82 Å². The van der Waals surface area contributed by atoms with Crippen LogP contribution < -0.4 is 0 Å². The molecule has 0 aliphatic heterocycles. The van der Waals surface area contributed by atoms with Crippen molar-refractivity contribution in [3.63, 3.8) is 0 Å². The Hall–Kier alpha value is -2.09. The molecule has 0 unspecified atom stereocenters. The molecule has 0 aliphatic rings. The minimum Gasteiger partial charge on any atom is -0.458 e. The summed E-state index contributed by atoms with van der Waals surface area (Å²) in [6.07, 6.45) is -2.48. The van der Waals surface area contributed by atoms with Crippen molar-refractivity contribution in [2.45, 2.75) is 23.2 Å². The number of alkyl halides is 7. The molecule has 0 fully saturated rings. The third-order valence-electron chi connectivity index (χ3n) is 2.95. The Morgan fingerprint density at radius 3 is 2.46 bits per heavy atom. The average molecular weight is 453 g/mol. The molecule has 2 aromatic rings. The van der Waals surface area contributed by atoms with Crippen LogP contribution >= 0.6 is 23.4 Å². The molecule has 28 heavy (non-hydrogen) atoms. The van der Waals surface area contributed by atoms with Crippen LogP contribution in [0.1, 0.15) is 0 Å². The summed E-state index contributed by atoms with van der Waals surface area (Å²) in [7, 11) is 0. The molecule has 15 heteroatoms. The molecule has 2 heterocycles. The number of esters is 1. The van der Waals surface area contributed by atoms with Gasteiger partial charge in [0.05, 0.1) is 23.2 Å². The van der Waals surface area contributed by atoms with Crippen molar-refractivity contribution in [3.8, 4) is 5.82 Å². The molecule has 2 aromatic heterocycles. The largest absolute Gasteiger partial charge is 0.460 e. The molecule has 154 valence electrons. The van der Waals surface area contributed by atoms with Crippen LogP contribution in [-0.2, 0) is 9.53 Å². The van der Waals surface area contributed by atoms with Crippen LogP contribution in [0.5, 0.6) is 0 Å². The SMILES string of the molecule is O=C(CSc1nccc(-n2cc(Cl)cn2)n1)OCC(F)(F)C(F)(F)C(F)(F)F. The van der Waals surface area contributed by atoms with Gasteiger partial charge in [-0.3, -0.25) is 4.79 Å². The van der Waals surface area contributed by atoms with Gasteiger partial charge in [0, 0.05) is 12.3 Å². The summed E-state index contributed by atoms with van der Waals surface area (Å²) in [6.45, 7) is -2.44. The van der Waals surface area contributed by atoms with E-state index in [0.29, 0.717) is 16.8 Å². The molecule has 0 saturated carbocycles. The molecular formula is C13H8ClF7N4O2S. The van der Waals surface area contributed by atoms with Crippen LogP contribution in [0.3, 0.4) is 0 Å². The summed E-state index contributed by atoms with van der Waals surface area (Å²) in [5.74, 6) is -13.9. The fraction of sp³-hybridized carbons (Fsp3) is 0.385. The topological polar surface area (TPSA) is 69.9 Å². The van der Waals surface area contributed by atoms with Crippen molar-refractivity contribution in [2.75, 3.05) is 12.4 Å². The van der Waals surface area contributed by atoms with Gasteiger partial charge >= 0.3 is 24.0 Å². The van der Waals surface area contributed by atoms with Crippen molar-refractivity contribution >= 4 is 29.3 Å². The summed E-state index contributed by atoms with van der Waals surface area (Å²) >= 11 is 6.29. The maximum Gasteiger partial charge on any atom is 0.460 e. The molecular weight excluding hydrogens is 445 g/mol. The second-order valence-corrected chi connectivity index (χ2v) is 6.41. The summed E-state index contributed by atoms with van der Waals surface area (Å²) in [4.78, 5) is 19.2. The third-order valence-corrected chi connectivity index (χ3v) is 3.98. The van der Waals surface area contributed by atoms with Crippen LogP contribution in [0, 0.1) is 0 Å². The van der Waals surface area contributed by atoms with Gasteiger partial charge in [-0.2, -0.15) is 35.8 Å². The molecule has 0 bridgehead atoms. The highest BCUT2D eigenvalue weighted by molar-refractivity contribution is 7.99. The van der Waals surface area contributed by atoms with Crippen molar-refractivity contribution in [1.29, 1.82) is 0 Å². The van der Waals surface area contributed by atoms with Crippen LogP contribution in [0.2, 0.25) is 5.02 Å². The first-order chi connectivity index (χ1) is 12.8. The van der Waals surface area contributed by atoms with E-state index in [1.54, 1.807) is 0 Å². The first-order valence-electron chi connectivity index (χ1n) is 6.98. The predicted octanol–water partition coefficient (Wildman–Crippen LogP) is 3.78. The molecule has 6 nitrogen and oxygen atoms in total. The average Bonchev–Trinajstić information content (AvgIpc) is 3.04. The lowest BCUT2D eigenvalue weighted by Crippen LogP contribution is -2.54. The second-order valence-electron chi connectivity index (χ2n) is 5.03. The lowest BCUT2D eigenvalue weighted by molar-refractivity contribution is -0.359. The fourth-order valence-corrected chi connectivity index (χ4v) is 2.35. The van der Waals surface area contributed by atoms with Gasteiger partial charge in [0.25, 0.3) is 0 Å². The van der Waals surface area contributed by atoms with Crippen molar-refractivity contribution in [1.82, 2.24) is 19.7 Å². The van der Waals surface area contributed by atoms with Gasteiger partial charge in [-0.1, -0.05) is 23.4 Å². The Labute approximate surface area is 161 Å². The van der Waals surface area contributed by atoms with E-state index in [1.807, 2.05) is 0 Å². The number of halogens is 8. The van der Waals surface area contributed by atoms with Crippen LogP contribution in [0.15, 0.2) is 29.8 Å². The molecule has 0 spiro atoms. The van der Waals surface area contributed by atoms with E-state index in [2.05, 4.69) is 19.8 Å². The second kappa shape index (κ2) is 8.11. The zero-order valence-electron chi connectivity index (χ0n) is 13.3. The predicted molar refractivity (Wildman–Crippen MR) is 81.8 cm³/mol. The smallest absolute Gasteiger partial charge is 0.458 e. The van der Waals surface area contributed by atoms with Gasteiger partial charge in [0.15, 0.2) is 17.6 Å². The number of thioether (sulfide) groups is 1. The highest BCUT2D eigenvalue weighted by Crippen LogP contribution is 2.46. The minimum absolute atomic E-state index is 0.0338. The highest BCUT2D eigenvalue weighted by Gasteiger charge is 2.73. The van der Waals surface area contributed by atoms with Gasteiger partial charge in [-0.15, -0.1) is 0 Å². The third kappa shape index (κ3) is 5.04. The van der Waals surface area contributed by atoms with E-state index < -0.39 is 36.4 Å². The summed E-state index contributed by atoms with van der Waals surface area (Å²) in [5, 5.41) is 4.15. The lowest BCUT2D eigenvalue weighted by Gasteiger charge is -2.27. The van der Waals surface area contributed by atoms with Gasteiger partial charge < -0.3 is 4.74 Å². The Balaban J connectivity index is 1.93. The number of nitrogens with zero attached hydrogens (tertiary/aromatic N) is 4. The van der Waals surface area contributed by atoms with E-state index in [1.165, 1.54) is 29.3 Å². The Morgan fingerprint density at radius 2 is 1.89 bits per heavy atom. The normalized spacial score (nSPS) is 12.9. The molecule has 0 aromatic carbocycles. The molecule has 0 saturated heterocycles. The van der Waals surface area contributed by atoms with Gasteiger partial charge in [0.1, 0.15) is 0 Å². The zero-order valence-corrected chi connectivity index (χ0v) is 14.8. The summed E-state index contributed by atoms with van der Waals surface area (Å²) < 4.78 is 92.6. The Bertz CT molecular complexity index is 846. The van der Waals surface area contributed by atoms with Gasteiger partial charge in [-0.05, 0) is 0 Å². The maximum absolute atomic E-state index is 13.1. The Kier molecular flexibility index (Phi) is 6.43. The van der Waals surface area contributed by atoms with Crippen molar-refractivity contribution < 1.29 is 40.3 Å². The molecule has 2 rings (SSSR count). The quantitative estimate of drug-likeness (QED) is 0.276. The fourth-order valence-electron chi connectivity index (χ4n) is 1.59. The molecule has 0 amide bonds. The van der Waals surface area contributed by atoms with E-state index >= 15 is 0 Å². The number of hydrogen-bond acceptors (Lipinski definition) is 6. The zero-order chi connectivity index (χ0) is 21.2. The number of carbonyl (C=O) groups excluding carboxylic acids is 1. The lowest BCUT2D eigenvalue weighted by atomic mass is 10.2. The number of ether oxygens (including phenoxy) is 1. The molecule has 0 aliphatic carbocycles. The highest BCUT2D eigenvalue weighted by atomic mass is 35.5. The summed E-state index contributed by atoms with van der Waals surface area (Å²) in [6, 6.07) is 1.44.